The van der Waals surface area contributed by atoms with Gasteiger partial charge in [0.25, 0.3) is 0 Å². The van der Waals surface area contributed by atoms with Crippen LogP contribution in [0.5, 0.6) is 0 Å². The predicted molar refractivity (Wildman–Crippen MR) is 83.0 cm³/mol. The van der Waals surface area contributed by atoms with E-state index in [-0.39, 0.29) is 5.91 Å². The molecule has 0 aromatic carbocycles. The summed E-state index contributed by atoms with van der Waals surface area (Å²) >= 11 is 0. The van der Waals surface area contributed by atoms with Gasteiger partial charge >= 0.3 is 6.09 Å². The number of amides is 2. The summed E-state index contributed by atoms with van der Waals surface area (Å²) in [5.74, 6) is 0.398. The van der Waals surface area contributed by atoms with Crippen LogP contribution in [0.4, 0.5) is 4.79 Å². The van der Waals surface area contributed by atoms with Gasteiger partial charge in [0.15, 0.2) is 0 Å². The van der Waals surface area contributed by atoms with Crippen LogP contribution in [-0.4, -0.2) is 30.2 Å². The second-order valence-electron chi connectivity index (χ2n) is 6.83. The van der Waals surface area contributed by atoms with Gasteiger partial charge in [0.05, 0.1) is 0 Å². The van der Waals surface area contributed by atoms with Crippen LogP contribution in [0.1, 0.15) is 66.2 Å². The van der Waals surface area contributed by atoms with E-state index in [1.165, 1.54) is 19.3 Å². The molecule has 0 spiro atoms. The molecule has 1 rings (SSSR count). The van der Waals surface area contributed by atoms with Gasteiger partial charge in [-0.25, -0.2) is 4.79 Å². The highest BCUT2D eigenvalue weighted by molar-refractivity contribution is 5.85. The number of ether oxygens (including phenoxy) is 1. The van der Waals surface area contributed by atoms with E-state index in [4.69, 9.17) is 4.74 Å². The number of hydrogen-bond acceptors (Lipinski definition) is 3. The average Bonchev–Trinajstić information content (AvgIpc) is 2.37. The lowest BCUT2D eigenvalue weighted by Gasteiger charge is -2.27. The fourth-order valence-electron chi connectivity index (χ4n) is 2.73. The summed E-state index contributed by atoms with van der Waals surface area (Å²) in [7, 11) is 0. The Kier molecular flexibility index (Phi) is 6.99. The molecule has 0 aromatic rings. The molecule has 0 radical (unpaired) electrons. The number of likely N-dealkylation sites (N-methyl/N-ethyl adjacent to an activating group) is 1. The van der Waals surface area contributed by atoms with Gasteiger partial charge in [-0.2, -0.15) is 0 Å². The molecular formula is C16H30N2O3. The van der Waals surface area contributed by atoms with E-state index in [2.05, 4.69) is 10.6 Å². The summed E-state index contributed by atoms with van der Waals surface area (Å²) in [6.07, 6.45) is 6.19. The van der Waals surface area contributed by atoms with Crippen molar-refractivity contribution in [3.8, 4) is 0 Å². The van der Waals surface area contributed by atoms with Crippen molar-refractivity contribution in [2.24, 2.45) is 5.92 Å². The van der Waals surface area contributed by atoms with Crippen molar-refractivity contribution in [2.45, 2.75) is 77.9 Å². The van der Waals surface area contributed by atoms with E-state index in [1.807, 2.05) is 27.7 Å². The maximum absolute atomic E-state index is 12.1. The summed E-state index contributed by atoms with van der Waals surface area (Å²) in [5, 5.41) is 5.53. The Balaban J connectivity index is 2.58. The second kappa shape index (κ2) is 8.25. The van der Waals surface area contributed by atoms with Gasteiger partial charge in [0.2, 0.25) is 5.91 Å². The van der Waals surface area contributed by atoms with Crippen LogP contribution in [0, 0.1) is 5.92 Å². The van der Waals surface area contributed by atoms with Crippen molar-refractivity contribution in [1.29, 1.82) is 0 Å². The molecule has 21 heavy (non-hydrogen) atoms. The summed E-state index contributed by atoms with van der Waals surface area (Å²) < 4.78 is 5.26. The van der Waals surface area contributed by atoms with Crippen LogP contribution in [0.2, 0.25) is 0 Å². The minimum atomic E-state index is -0.555. The first-order valence-electron chi connectivity index (χ1n) is 8.09. The maximum atomic E-state index is 12.1. The molecule has 1 unspecified atom stereocenters. The quantitative estimate of drug-likeness (QED) is 0.820. The SMILES string of the molecule is CCNC(=O)C(CC1CCCCC1)NC(=O)OC(C)(C)C. The van der Waals surface area contributed by atoms with Crippen LogP contribution in [-0.2, 0) is 9.53 Å². The third-order valence-electron chi connectivity index (χ3n) is 3.65. The molecule has 0 bridgehead atoms. The molecule has 122 valence electrons. The Morgan fingerprint density at radius 3 is 2.33 bits per heavy atom. The van der Waals surface area contributed by atoms with Crippen molar-refractivity contribution in [3.05, 3.63) is 0 Å². The molecule has 5 heteroatoms. The van der Waals surface area contributed by atoms with E-state index < -0.39 is 17.7 Å². The van der Waals surface area contributed by atoms with E-state index in [0.717, 1.165) is 12.8 Å². The lowest BCUT2D eigenvalue weighted by Crippen LogP contribution is -2.49. The molecule has 5 nitrogen and oxygen atoms in total. The van der Waals surface area contributed by atoms with E-state index >= 15 is 0 Å². The van der Waals surface area contributed by atoms with Gasteiger partial charge in [-0.15, -0.1) is 0 Å². The summed E-state index contributed by atoms with van der Waals surface area (Å²) in [4.78, 5) is 24.0. The van der Waals surface area contributed by atoms with Gasteiger partial charge in [0.1, 0.15) is 11.6 Å². The van der Waals surface area contributed by atoms with Crippen LogP contribution in [0.25, 0.3) is 0 Å². The largest absolute Gasteiger partial charge is 0.444 e. The number of nitrogens with one attached hydrogen (secondary N) is 2. The fraction of sp³-hybridized carbons (Fsp3) is 0.875. The second-order valence-corrected chi connectivity index (χ2v) is 6.83. The van der Waals surface area contributed by atoms with Crippen molar-refractivity contribution >= 4 is 12.0 Å². The number of alkyl carbamates (subject to hydrolysis) is 1. The standard InChI is InChI=1S/C16H30N2O3/c1-5-17-14(19)13(11-12-9-7-6-8-10-12)18-15(20)21-16(2,3)4/h12-13H,5-11H2,1-4H3,(H,17,19)(H,18,20). The third kappa shape index (κ3) is 7.34. The molecule has 2 amide bonds. The molecule has 1 atom stereocenters. The zero-order valence-corrected chi connectivity index (χ0v) is 13.8. The molecule has 1 aliphatic carbocycles. The van der Waals surface area contributed by atoms with Gasteiger partial charge in [0, 0.05) is 6.54 Å². The van der Waals surface area contributed by atoms with Crippen molar-refractivity contribution < 1.29 is 14.3 Å². The molecule has 0 saturated heterocycles. The molecule has 0 aromatic heterocycles. The number of carbonyl (C=O) groups excluding carboxylic acids is 2. The van der Waals surface area contributed by atoms with Gasteiger partial charge in [-0.3, -0.25) is 4.79 Å². The first-order chi connectivity index (χ1) is 9.81. The normalized spacial score (nSPS) is 17.9. The van der Waals surface area contributed by atoms with E-state index in [0.29, 0.717) is 18.9 Å². The summed E-state index contributed by atoms with van der Waals surface area (Å²) in [6, 6.07) is -0.497. The summed E-state index contributed by atoms with van der Waals surface area (Å²) in [6.45, 7) is 7.89. The van der Waals surface area contributed by atoms with Crippen LogP contribution in [0.15, 0.2) is 0 Å². The van der Waals surface area contributed by atoms with E-state index in [1.54, 1.807) is 0 Å². The first-order valence-corrected chi connectivity index (χ1v) is 8.09. The minimum Gasteiger partial charge on any atom is -0.444 e. The van der Waals surface area contributed by atoms with Gasteiger partial charge in [-0.1, -0.05) is 32.1 Å². The highest BCUT2D eigenvalue weighted by Gasteiger charge is 2.27. The lowest BCUT2D eigenvalue weighted by molar-refractivity contribution is -0.123. The van der Waals surface area contributed by atoms with Crippen molar-refractivity contribution in [2.75, 3.05) is 6.54 Å². The Morgan fingerprint density at radius 1 is 1.19 bits per heavy atom. The number of carbonyl (C=O) groups is 2. The maximum Gasteiger partial charge on any atom is 0.408 e. The van der Waals surface area contributed by atoms with Crippen molar-refractivity contribution in [1.82, 2.24) is 10.6 Å². The van der Waals surface area contributed by atoms with Crippen LogP contribution < -0.4 is 10.6 Å². The van der Waals surface area contributed by atoms with E-state index in [9.17, 15) is 9.59 Å². The molecular weight excluding hydrogens is 268 g/mol. The van der Waals surface area contributed by atoms with Crippen LogP contribution >= 0.6 is 0 Å². The van der Waals surface area contributed by atoms with Crippen LogP contribution in [0.3, 0.4) is 0 Å². The van der Waals surface area contributed by atoms with Gasteiger partial charge < -0.3 is 15.4 Å². The Morgan fingerprint density at radius 2 is 1.81 bits per heavy atom. The molecule has 0 aliphatic heterocycles. The van der Waals surface area contributed by atoms with Gasteiger partial charge in [-0.05, 0) is 40.0 Å². The summed E-state index contributed by atoms with van der Waals surface area (Å²) in [5.41, 5.74) is -0.555. The molecule has 1 fully saturated rings. The molecule has 1 aliphatic rings. The highest BCUT2D eigenvalue weighted by atomic mass is 16.6. The fourth-order valence-corrected chi connectivity index (χ4v) is 2.73. The number of rotatable bonds is 5. The highest BCUT2D eigenvalue weighted by Crippen LogP contribution is 2.27. The zero-order chi connectivity index (χ0) is 15.9. The Hall–Kier alpha value is -1.26. The average molecular weight is 298 g/mol. The smallest absolute Gasteiger partial charge is 0.408 e. The minimum absolute atomic E-state index is 0.117. The predicted octanol–water partition coefficient (Wildman–Crippen LogP) is 2.99. The Labute approximate surface area is 128 Å². The zero-order valence-electron chi connectivity index (χ0n) is 13.8. The first kappa shape index (κ1) is 17.8. The monoisotopic (exact) mass is 298 g/mol. The molecule has 1 saturated carbocycles. The van der Waals surface area contributed by atoms with Crippen molar-refractivity contribution in [3.63, 3.8) is 0 Å². The Bertz CT molecular complexity index is 344. The topological polar surface area (TPSA) is 67.4 Å². The molecule has 0 heterocycles. The third-order valence-corrected chi connectivity index (χ3v) is 3.65. The number of hydrogen-bond donors (Lipinski definition) is 2. The molecule has 2 N–H and O–H groups in total. The lowest BCUT2D eigenvalue weighted by atomic mass is 9.84.